The van der Waals surface area contributed by atoms with Gasteiger partial charge in [0, 0.05) is 30.6 Å². The number of nitrogens with one attached hydrogen (secondary N) is 1. The number of halogens is 9. The Kier molecular flexibility index (Phi) is 9.13. The fourth-order valence-corrected chi connectivity index (χ4v) is 2.92. The number of nitrogens with zero attached hydrogens (tertiary/aromatic N) is 2. The zero-order chi connectivity index (χ0) is 29.1. The van der Waals surface area contributed by atoms with Gasteiger partial charge in [-0.25, -0.2) is 9.18 Å². The molecule has 0 radical (unpaired) electrons. The molecular formula is C22H21F9N4O3. The summed E-state index contributed by atoms with van der Waals surface area (Å²) in [6.45, 7) is 0.377. The minimum Gasteiger partial charge on any atom is -0.486 e. The molecule has 1 unspecified atom stereocenters. The van der Waals surface area contributed by atoms with Gasteiger partial charge < -0.3 is 20.9 Å². The highest BCUT2D eigenvalue weighted by Crippen LogP contribution is 2.38. The second-order valence-corrected chi connectivity index (χ2v) is 8.00. The van der Waals surface area contributed by atoms with Crippen molar-refractivity contribution >= 4 is 22.7 Å². The van der Waals surface area contributed by atoms with Crippen LogP contribution in [0.1, 0.15) is 6.92 Å². The van der Waals surface area contributed by atoms with Crippen LogP contribution in [0.3, 0.4) is 0 Å². The summed E-state index contributed by atoms with van der Waals surface area (Å²) in [6.07, 6.45) is -10.8. The van der Waals surface area contributed by atoms with E-state index in [-0.39, 0.29) is 17.4 Å². The highest BCUT2D eigenvalue weighted by molar-refractivity contribution is 5.93. The van der Waals surface area contributed by atoms with Crippen molar-refractivity contribution in [1.82, 2.24) is 9.78 Å². The van der Waals surface area contributed by atoms with Crippen molar-refractivity contribution in [3.05, 3.63) is 42.2 Å². The van der Waals surface area contributed by atoms with Gasteiger partial charge in [-0.15, -0.1) is 0 Å². The zero-order valence-corrected chi connectivity index (χ0v) is 19.6. The second-order valence-electron chi connectivity index (χ2n) is 8.00. The first-order valence-electron chi connectivity index (χ1n) is 10.5. The SMILES string of the molecule is CC(N)CNc1nn(C)c2cc(-c3cc(F)ccc3OCC(F)(F)C(F)(F)F)ccc12.O=C(O)C(F)(F)F. The molecule has 0 saturated heterocycles. The molecule has 0 spiro atoms. The predicted molar refractivity (Wildman–Crippen MR) is 118 cm³/mol. The number of aryl methyl sites for hydroxylation is 1. The molecule has 0 bridgehead atoms. The van der Waals surface area contributed by atoms with Gasteiger partial charge in [-0.1, -0.05) is 6.07 Å². The molecule has 1 aromatic heterocycles. The van der Waals surface area contributed by atoms with Crippen molar-refractivity contribution in [1.29, 1.82) is 0 Å². The van der Waals surface area contributed by atoms with Gasteiger partial charge in [-0.3, -0.25) is 4.68 Å². The number of alkyl halides is 8. The molecule has 4 N–H and O–H groups in total. The average Bonchev–Trinajstić information content (AvgIpc) is 3.10. The van der Waals surface area contributed by atoms with Gasteiger partial charge in [-0.05, 0) is 42.8 Å². The quantitative estimate of drug-likeness (QED) is 0.337. The fraction of sp³-hybridized carbons (Fsp3) is 0.364. The number of ether oxygens (including phenoxy) is 1. The lowest BCUT2D eigenvalue weighted by atomic mass is 10.0. The van der Waals surface area contributed by atoms with Crippen molar-refractivity contribution in [2.75, 3.05) is 18.5 Å². The van der Waals surface area contributed by atoms with Gasteiger partial charge in [0.1, 0.15) is 11.6 Å². The Hall–Kier alpha value is -3.69. The molecule has 0 aliphatic heterocycles. The maximum Gasteiger partial charge on any atom is 0.490 e. The number of hydrogen-bond acceptors (Lipinski definition) is 5. The minimum absolute atomic E-state index is 0.0335. The molecule has 210 valence electrons. The van der Waals surface area contributed by atoms with Gasteiger partial charge in [-0.2, -0.15) is 40.2 Å². The van der Waals surface area contributed by atoms with Crippen LogP contribution in [0.5, 0.6) is 5.75 Å². The number of benzene rings is 2. The summed E-state index contributed by atoms with van der Waals surface area (Å²) in [5.74, 6) is -8.24. The molecule has 1 atom stereocenters. The smallest absolute Gasteiger partial charge is 0.486 e. The van der Waals surface area contributed by atoms with E-state index in [1.165, 1.54) is 0 Å². The normalized spacial score (nSPS) is 13.1. The predicted octanol–water partition coefficient (Wildman–Crippen LogP) is 5.35. The molecule has 0 aliphatic carbocycles. The third-order valence-electron chi connectivity index (χ3n) is 4.76. The van der Waals surface area contributed by atoms with E-state index in [0.29, 0.717) is 23.4 Å². The first-order chi connectivity index (χ1) is 17.3. The van der Waals surface area contributed by atoms with Crippen LogP contribution in [0.4, 0.5) is 45.3 Å². The molecule has 0 aliphatic rings. The van der Waals surface area contributed by atoms with Crippen LogP contribution >= 0.6 is 0 Å². The second kappa shape index (κ2) is 11.4. The van der Waals surface area contributed by atoms with Crippen molar-refractivity contribution in [3.8, 4) is 16.9 Å². The third-order valence-corrected chi connectivity index (χ3v) is 4.76. The molecule has 16 heteroatoms. The van der Waals surface area contributed by atoms with E-state index in [9.17, 15) is 39.5 Å². The Bertz CT molecular complexity index is 1270. The van der Waals surface area contributed by atoms with Gasteiger partial charge in [0.2, 0.25) is 0 Å². The Labute approximate surface area is 209 Å². The van der Waals surface area contributed by atoms with Crippen molar-refractivity contribution < 1.29 is 54.2 Å². The summed E-state index contributed by atoms with van der Waals surface area (Å²) >= 11 is 0. The lowest BCUT2D eigenvalue weighted by Gasteiger charge is -2.21. The standard InChI is InChI=1S/C20H20F6N4O.C2HF3O2/c1-11(27)9-28-18-14-5-3-12(7-16(14)30(2)29-18)15-8-13(21)4-6-17(15)31-10-19(22,23)20(24,25)26;3-2(4,5)1(6)7/h3-8,11H,9-10,27H2,1-2H3,(H,28,29);(H,6,7). The Morgan fingerprint density at radius 3 is 2.24 bits per heavy atom. The molecule has 7 nitrogen and oxygen atoms in total. The number of rotatable bonds is 7. The van der Waals surface area contributed by atoms with E-state index < -0.39 is 36.7 Å². The number of nitrogens with two attached hydrogens (primary N) is 1. The average molecular weight is 560 g/mol. The Morgan fingerprint density at radius 2 is 1.71 bits per heavy atom. The molecule has 3 rings (SSSR count). The fourth-order valence-electron chi connectivity index (χ4n) is 2.92. The summed E-state index contributed by atoms with van der Waals surface area (Å²) in [5, 5.41) is 15.3. The topological polar surface area (TPSA) is 102 Å². The van der Waals surface area contributed by atoms with Crippen molar-refractivity contribution in [2.45, 2.75) is 31.2 Å². The number of anilines is 1. The summed E-state index contributed by atoms with van der Waals surface area (Å²) < 4.78 is 116. The number of hydrogen-bond donors (Lipinski definition) is 3. The number of carboxylic acid groups (broad SMARTS) is 1. The molecule has 38 heavy (non-hydrogen) atoms. The maximum atomic E-state index is 13.8. The van der Waals surface area contributed by atoms with Crippen LogP contribution in [0.2, 0.25) is 0 Å². The molecule has 3 aromatic rings. The van der Waals surface area contributed by atoms with Crippen LogP contribution in [0, 0.1) is 5.82 Å². The number of fused-ring (bicyclic) bond motifs is 1. The minimum atomic E-state index is -5.76. The van der Waals surface area contributed by atoms with E-state index in [0.717, 1.165) is 23.6 Å². The monoisotopic (exact) mass is 560 g/mol. The van der Waals surface area contributed by atoms with Crippen molar-refractivity contribution in [2.24, 2.45) is 12.8 Å². The maximum absolute atomic E-state index is 13.8. The molecule has 0 fully saturated rings. The lowest BCUT2D eigenvalue weighted by Crippen LogP contribution is -2.41. The summed E-state index contributed by atoms with van der Waals surface area (Å²) in [6, 6.07) is 7.70. The first kappa shape index (κ1) is 30.5. The number of aliphatic carboxylic acids is 1. The van der Waals surface area contributed by atoms with E-state index >= 15 is 0 Å². The van der Waals surface area contributed by atoms with Crippen LogP contribution in [-0.2, 0) is 11.8 Å². The molecule has 1 heterocycles. The van der Waals surface area contributed by atoms with E-state index in [2.05, 4.69) is 10.4 Å². The van der Waals surface area contributed by atoms with Crippen LogP contribution in [0.25, 0.3) is 22.0 Å². The summed E-state index contributed by atoms with van der Waals surface area (Å²) in [5.41, 5.74) is 6.76. The Morgan fingerprint density at radius 1 is 1.11 bits per heavy atom. The van der Waals surface area contributed by atoms with E-state index in [1.807, 2.05) is 6.92 Å². The summed E-state index contributed by atoms with van der Waals surface area (Å²) in [4.78, 5) is 8.90. The highest BCUT2D eigenvalue weighted by Gasteiger charge is 2.58. The molecule has 2 aromatic carbocycles. The molecule has 0 saturated carbocycles. The number of carboxylic acids is 1. The van der Waals surface area contributed by atoms with Gasteiger partial charge in [0.15, 0.2) is 12.4 Å². The first-order valence-corrected chi connectivity index (χ1v) is 10.5. The van der Waals surface area contributed by atoms with Gasteiger partial charge >= 0.3 is 24.2 Å². The summed E-state index contributed by atoms with van der Waals surface area (Å²) in [7, 11) is 1.68. The van der Waals surface area contributed by atoms with E-state index in [4.69, 9.17) is 20.4 Å². The molecule has 0 amide bonds. The third kappa shape index (κ3) is 7.66. The van der Waals surface area contributed by atoms with Gasteiger partial charge in [0.25, 0.3) is 0 Å². The van der Waals surface area contributed by atoms with Crippen LogP contribution in [0.15, 0.2) is 36.4 Å². The zero-order valence-electron chi connectivity index (χ0n) is 19.6. The highest BCUT2D eigenvalue weighted by atomic mass is 19.4. The van der Waals surface area contributed by atoms with Crippen LogP contribution < -0.4 is 15.8 Å². The molecular weight excluding hydrogens is 539 g/mol. The largest absolute Gasteiger partial charge is 0.490 e. The lowest BCUT2D eigenvalue weighted by molar-refractivity contribution is -0.289. The van der Waals surface area contributed by atoms with Gasteiger partial charge in [0.05, 0.1) is 5.52 Å². The van der Waals surface area contributed by atoms with Crippen molar-refractivity contribution in [3.63, 3.8) is 0 Å². The Balaban J connectivity index is 0.000000638. The van der Waals surface area contributed by atoms with Crippen LogP contribution in [-0.4, -0.2) is 58.3 Å². The van der Waals surface area contributed by atoms with E-state index in [1.54, 1.807) is 29.9 Å². The number of carbonyl (C=O) groups is 1. The number of aromatic nitrogens is 2.